The number of urea groups is 1. The zero-order valence-corrected chi connectivity index (χ0v) is 25.9. The van der Waals surface area contributed by atoms with E-state index in [1.165, 1.54) is 0 Å². The lowest BCUT2D eigenvalue weighted by molar-refractivity contribution is -0.134. The van der Waals surface area contributed by atoms with Crippen molar-refractivity contribution in [3.05, 3.63) is 69.0 Å². The Balaban J connectivity index is 1.57. The molecular formula is C30H37Cl2N5O5. The predicted molar refractivity (Wildman–Crippen MR) is 163 cm³/mol. The number of aliphatic hydroxyl groups is 1. The normalized spacial score (nSPS) is 18.0. The van der Waals surface area contributed by atoms with E-state index in [1.807, 2.05) is 33.0 Å². The molecule has 0 saturated heterocycles. The first kappa shape index (κ1) is 31.6. The third-order valence-electron chi connectivity index (χ3n) is 7.37. The van der Waals surface area contributed by atoms with Crippen molar-refractivity contribution in [2.75, 3.05) is 37.4 Å². The first-order valence-corrected chi connectivity index (χ1v) is 14.5. The maximum atomic E-state index is 13.5. The summed E-state index contributed by atoms with van der Waals surface area (Å²) in [5.41, 5.74) is 3.22. The number of rotatable bonds is 8. The molecule has 226 valence electrons. The quantitative estimate of drug-likeness (QED) is 0.304. The third-order valence-corrected chi connectivity index (χ3v) is 8.11. The number of aliphatic hydroxyl groups excluding tert-OH is 1. The summed E-state index contributed by atoms with van der Waals surface area (Å²) >= 11 is 12.3. The summed E-state index contributed by atoms with van der Waals surface area (Å²) in [6, 6.07) is 10.00. The number of nitrogens with one attached hydrogen (secondary N) is 2. The van der Waals surface area contributed by atoms with Crippen molar-refractivity contribution in [1.29, 1.82) is 0 Å². The van der Waals surface area contributed by atoms with Crippen LogP contribution in [-0.2, 0) is 17.8 Å². The number of hydrogen-bond donors (Lipinski definition) is 3. The van der Waals surface area contributed by atoms with E-state index in [-0.39, 0.29) is 37.0 Å². The molecule has 0 aliphatic carbocycles. The van der Waals surface area contributed by atoms with Gasteiger partial charge in [0, 0.05) is 36.8 Å². The van der Waals surface area contributed by atoms with E-state index in [0.29, 0.717) is 63.8 Å². The largest absolute Gasteiger partial charge is 0.488 e. The maximum Gasteiger partial charge on any atom is 0.323 e. The van der Waals surface area contributed by atoms with Gasteiger partial charge in [-0.1, -0.05) is 41.3 Å². The van der Waals surface area contributed by atoms with Gasteiger partial charge in [0.15, 0.2) is 5.76 Å². The van der Waals surface area contributed by atoms with E-state index in [2.05, 4.69) is 20.7 Å². The minimum Gasteiger partial charge on any atom is -0.488 e. The number of fused-ring (bicyclic) bond motifs is 1. The van der Waals surface area contributed by atoms with Crippen molar-refractivity contribution < 1.29 is 24.0 Å². The van der Waals surface area contributed by atoms with Crippen LogP contribution in [0.15, 0.2) is 40.9 Å². The fourth-order valence-electron chi connectivity index (χ4n) is 4.98. The van der Waals surface area contributed by atoms with E-state index >= 15 is 0 Å². The van der Waals surface area contributed by atoms with Gasteiger partial charge in [-0.15, -0.1) is 0 Å². The molecule has 3 atom stereocenters. The van der Waals surface area contributed by atoms with Gasteiger partial charge in [-0.3, -0.25) is 9.69 Å². The highest BCUT2D eigenvalue weighted by Crippen LogP contribution is 2.30. The van der Waals surface area contributed by atoms with Gasteiger partial charge < -0.3 is 29.9 Å². The van der Waals surface area contributed by atoms with Crippen LogP contribution in [0.3, 0.4) is 0 Å². The van der Waals surface area contributed by atoms with Crippen molar-refractivity contribution in [3.63, 3.8) is 0 Å². The second-order valence-corrected chi connectivity index (χ2v) is 11.7. The standard InChI is InChI=1S/C30H37Cl2N5O5/c1-17-13-37(18(2)16-38)28(39)12-22-11-23(33-30(40)34-29-19(3)35-42-20(29)4)7-9-26(22)41-27(17)15-36(5)14-21-6-8-24(31)25(32)10-21/h6-11,17-18,27,38H,12-16H2,1-5H3,(H2,33,34,40)/t17-,18-,27+/m0/s1. The predicted octanol–water partition coefficient (Wildman–Crippen LogP) is 5.52. The van der Waals surface area contributed by atoms with Gasteiger partial charge in [0.2, 0.25) is 5.91 Å². The first-order chi connectivity index (χ1) is 19.9. The SMILES string of the molecule is Cc1noc(C)c1NC(=O)Nc1ccc2c(c1)CC(=O)N([C@@H](C)CO)C[C@H](C)[C@@H](CN(C)Cc1ccc(Cl)c(Cl)c1)O2. The Hall–Kier alpha value is -3.31. The Bertz CT molecular complexity index is 1410. The third kappa shape index (κ3) is 7.74. The number of anilines is 2. The molecule has 4 rings (SSSR count). The number of halogens is 2. The molecule has 3 amide bonds. The number of aryl methyl sites for hydroxylation is 2. The maximum absolute atomic E-state index is 13.5. The summed E-state index contributed by atoms with van der Waals surface area (Å²) in [5.74, 6) is 0.885. The Morgan fingerprint density at radius 2 is 1.95 bits per heavy atom. The van der Waals surface area contributed by atoms with Crippen LogP contribution in [0.1, 0.15) is 36.4 Å². The smallest absolute Gasteiger partial charge is 0.323 e. The highest BCUT2D eigenvalue weighted by atomic mass is 35.5. The summed E-state index contributed by atoms with van der Waals surface area (Å²) in [6.07, 6.45) is -0.225. The van der Waals surface area contributed by atoms with Crippen LogP contribution in [0.2, 0.25) is 10.0 Å². The van der Waals surface area contributed by atoms with Crippen molar-refractivity contribution >= 4 is 46.5 Å². The molecule has 0 fully saturated rings. The van der Waals surface area contributed by atoms with Crippen molar-refractivity contribution in [2.24, 2.45) is 5.92 Å². The average molecular weight is 619 g/mol. The Labute approximate surface area is 255 Å². The molecule has 3 aromatic rings. The molecule has 1 aliphatic heterocycles. The lowest BCUT2D eigenvalue weighted by Crippen LogP contribution is -2.47. The van der Waals surface area contributed by atoms with Gasteiger partial charge in [0.05, 0.1) is 29.1 Å². The van der Waals surface area contributed by atoms with Crippen LogP contribution >= 0.6 is 23.2 Å². The van der Waals surface area contributed by atoms with E-state index in [0.717, 1.165) is 5.56 Å². The van der Waals surface area contributed by atoms with Gasteiger partial charge in [0.1, 0.15) is 23.2 Å². The number of likely N-dealkylation sites (N-methyl/N-ethyl adjacent to an activating group) is 1. The van der Waals surface area contributed by atoms with Gasteiger partial charge in [0.25, 0.3) is 0 Å². The fourth-order valence-corrected chi connectivity index (χ4v) is 5.30. The summed E-state index contributed by atoms with van der Waals surface area (Å²) in [4.78, 5) is 30.1. The fraction of sp³-hybridized carbons (Fsp3) is 0.433. The van der Waals surface area contributed by atoms with Crippen LogP contribution in [-0.4, -0.2) is 70.9 Å². The molecule has 42 heavy (non-hydrogen) atoms. The van der Waals surface area contributed by atoms with Crippen LogP contribution < -0.4 is 15.4 Å². The second kappa shape index (κ2) is 13.8. The molecule has 0 saturated carbocycles. The van der Waals surface area contributed by atoms with E-state index < -0.39 is 6.03 Å². The number of nitrogens with zero attached hydrogens (tertiary/aromatic N) is 3. The zero-order chi connectivity index (χ0) is 30.6. The molecule has 10 nitrogen and oxygen atoms in total. The van der Waals surface area contributed by atoms with Gasteiger partial charge >= 0.3 is 6.03 Å². The molecule has 1 aliphatic rings. The number of hydrogen-bond acceptors (Lipinski definition) is 7. The molecule has 3 N–H and O–H groups in total. The van der Waals surface area contributed by atoms with Crippen molar-refractivity contribution in [2.45, 2.75) is 52.8 Å². The van der Waals surface area contributed by atoms with E-state index in [1.54, 1.807) is 43.0 Å². The number of ether oxygens (including phenoxy) is 1. The molecule has 2 heterocycles. The second-order valence-electron chi connectivity index (χ2n) is 10.9. The van der Waals surface area contributed by atoms with E-state index in [9.17, 15) is 14.7 Å². The van der Waals surface area contributed by atoms with Crippen LogP contribution in [0.25, 0.3) is 0 Å². The Morgan fingerprint density at radius 1 is 1.19 bits per heavy atom. The number of carbonyl (C=O) groups excluding carboxylic acids is 2. The number of carbonyl (C=O) groups is 2. The Morgan fingerprint density at radius 3 is 2.62 bits per heavy atom. The molecule has 0 spiro atoms. The summed E-state index contributed by atoms with van der Waals surface area (Å²) in [5, 5.41) is 20.3. The first-order valence-electron chi connectivity index (χ1n) is 13.8. The molecule has 0 unspecified atom stereocenters. The van der Waals surface area contributed by atoms with Crippen molar-refractivity contribution in [3.8, 4) is 5.75 Å². The van der Waals surface area contributed by atoms with E-state index in [4.69, 9.17) is 32.5 Å². The van der Waals surface area contributed by atoms with Crippen LogP contribution in [0, 0.1) is 19.8 Å². The molecule has 0 radical (unpaired) electrons. The van der Waals surface area contributed by atoms with Crippen molar-refractivity contribution in [1.82, 2.24) is 15.0 Å². The number of aromatic nitrogens is 1. The van der Waals surface area contributed by atoms with Crippen LogP contribution in [0.5, 0.6) is 5.75 Å². The lowest BCUT2D eigenvalue weighted by Gasteiger charge is -2.34. The molecule has 12 heteroatoms. The topological polar surface area (TPSA) is 120 Å². The number of benzene rings is 2. The summed E-state index contributed by atoms with van der Waals surface area (Å²) < 4.78 is 11.7. The molecule has 2 aromatic carbocycles. The summed E-state index contributed by atoms with van der Waals surface area (Å²) in [6.45, 7) is 8.77. The van der Waals surface area contributed by atoms with Crippen LogP contribution in [0.4, 0.5) is 16.2 Å². The molecular weight excluding hydrogens is 581 g/mol. The van der Waals surface area contributed by atoms with Gasteiger partial charge in [-0.2, -0.15) is 0 Å². The molecule has 0 bridgehead atoms. The average Bonchev–Trinajstić information content (AvgIpc) is 3.27. The lowest BCUT2D eigenvalue weighted by atomic mass is 10.0. The number of amides is 3. The highest BCUT2D eigenvalue weighted by Gasteiger charge is 2.31. The highest BCUT2D eigenvalue weighted by molar-refractivity contribution is 6.42. The Kier molecular flexibility index (Phi) is 10.4. The minimum absolute atomic E-state index is 0.0521. The zero-order valence-electron chi connectivity index (χ0n) is 24.4. The molecule has 1 aromatic heterocycles. The monoisotopic (exact) mass is 617 g/mol. The van der Waals surface area contributed by atoms with Gasteiger partial charge in [-0.05, 0) is 63.7 Å². The summed E-state index contributed by atoms with van der Waals surface area (Å²) in [7, 11) is 2.00. The van der Waals surface area contributed by atoms with Gasteiger partial charge in [-0.25, -0.2) is 4.79 Å². The minimum atomic E-state index is -0.467.